The van der Waals surface area contributed by atoms with Gasteiger partial charge in [-0.2, -0.15) is 0 Å². The molecule has 1 aliphatic heterocycles. The van der Waals surface area contributed by atoms with Gasteiger partial charge in [0.15, 0.2) is 0 Å². The summed E-state index contributed by atoms with van der Waals surface area (Å²) in [6, 6.07) is 0. The summed E-state index contributed by atoms with van der Waals surface area (Å²) < 4.78 is 5.82. The highest BCUT2D eigenvalue weighted by Crippen LogP contribution is 2.71. The minimum atomic E-state index is -0.922. The average Bonchev–Trinajstić information content (AvgIpc) is 3.28. The molecule has 0 aromatic heterocycles. The Morgan fingerprint density at radius 1 is 1.15 bits per heavy atom. The molecule has 0 aromatic rings. The topological polar surface area (TPSA) is 101 Å². The van der Waals surface area contributed by atoms with Gasteiger partial charge < -0.3 is 19.7 Å². The minimum absolute atomic E-state index is 0.0563. The van der Waals surface area contributed by atoms with Crippen molar-refractivity contribution >= 4 is 18.0 Å². The van der Waals surface area contributed by atoms with Crippen molar-refractivity contribution in [2.45, 2.75) is 91.3 Å². The number of cyclic esters (lactones) is 1. The number of aliphatic hydroxyl groups is 2. The fourth-order valence-electron chi connectivity index (χ4n) is 9.73. The summed E-state index contributed by atoms with van der Waals surface area (Å²) >= 11 is 0. The number of aldehydes is 1. The molecule has 6 nitrogen and oxygen atoms in total. The number of rotatable bonds is 4. The summed E-state index contributed by atoms with van der Waals surface area (Å²) in [5.74, 6) is 1.14. The second-order valence-electron chi connectivity index (χ2n) is 12.6. The molecule has 10 unspecified atom stereocenters. The monoisotopic (exact) mass is 472 g/mol. The number of aliphatic hydroxyl groups excluding tert-OH is 2. The summed E-state index contributed by atoms with van der Waals surface area (Å²) in [6.07, 6.45) is 6.13. The Bertz CT molecular complexity index is 939. The van der Waals surface area contributed by atoms with Crippen LogP contribution in [0.15, 0.2) is 11.1 Å². The van der Waals surface area contributed by atoms with Crippen molar-refractivity contribution in [3.8, 4) is 0 Å². The number of hydrogen-bond acceptors (Lipinski definition) is 6. The molecule has 4 fully saturated rings. The fourth-order valence-corrected chi connectivity index (χ4v) is 9.73. The van der Waals surface area contributed by atoms with E-state index in [0.29, 0.717) is 43.1 Å². The van der Waals surface area contributed by atoms with E-state index in [9.17, 15) is 24.6 Å². The largest absolute Gasteiger partial charge is 0.458 e. The summed E-state index contributed by atoms with van der Waals surface area (Å²) in [5.41, 5.74) is -0.310. The second kappa shape index (κ2) is 7.99. The number of carbonyl (C=O) groups excluding carboxylic acids is 3. The Hall–Kier alpha value is -1.53. The molecule has 5 rings (SSSR count). The first-order valence-corrected chi connectivity index (χ1v) is 13.2. The summed E-state index contributed by atoms with van der Waals surface area (Å²) in [6.45, 7) is 8.19. The molecule has 0 bridgehead atoms. The van der Waals surface area contributed by atoms with Crippen molar-refractivity contribution < 1.29 is 29.3 Å². The van der Waals surface area contributed by atoms with Gasteiger partial charge in [0.25, 0.3) is 0 Å². The van der Waals surface area contributed by atoms with Crippen molar-refractivity contribution in [1.82, 2.24) is 0 Å². The molecule has 10 atom stereocenters. The van der Waals surface area contributed by atoms with Gasteiger partial charge in [-0.05, 0) is 80.5 Å². The number of ketones is 1. The van der Waals surface area contributed by atoms with Crippen LogP contribution in [0.4, 0.5) is 0 Å². The molecular weight excluding hydrogens is 432 g/mol. The molecule has 5 aliphatic rings. The first kappa shape index (κ1) is 24.2. The maximum absolute atomic E-state index is 13.2. The summed E-state index contributed by atoms with van der Waals surface area (Å²) in [7, 11) is 0. The Labute approximate surface area is 202 Å². The minimum Gasteiger partial charge on any atom is -0.458 e. The molecule has 188 valence electrons. The molecule has 0 aromatic carbocycles. The van der Waals surface area contributed by atoms with Crippen LogP contribution >= 0.6 is 0 Å². The van der Waals surface area contributed by atoms with E-state index in [4.69, 9.17) is 4.74 Å². The van der Waals surface area contributed by atoms with Crippen LogP contribution < -0.4 is 0 Å². The number of ether oxygens (including phenoxy) is 1. The first-order chi connectivity index (χ1) is 16.0. The van der Waals surface area contributed by atoms with E-state index in [0.717, 1.165) is 37.5 Å². The lowest BCUT2D eigenvalue weighted by atomic mass is 9.43. The van der Waals surface area contributed by atoms with Gasteiger partial charge in [-0.15, -0.1) is 0 Å². The van der Waals surface area contributed by atoms with Crippen molar-refractivity contribution in [2.75, 3.05) is 6.61 Å². The number of hydrogen-bond donors (Lipinski definition) is 2. The van der Waals surface area contributed by atoms with E-state index in [1.165, 1.54) is 0 Å². The lowest BCUT2D eigenvalue weighted by Crippen LogP contribution is -2.62. The zero-order chi connectivity index (χ0) is 24.6. The van der Waals surface area contributed by atoms with Crippen LogP contribution in [0.3, 0.4) is 0 Å². The van der Waals surface area contributed by atoms with Gasteiger partial charge >= 0.3 is 5.97 Å². The van der Waals surface area contributed by atoms with Crippen LogP contribution in [0.5, 0.6) is 0 Å². The normalized spacial score (nSPS) is 49.2. The van der Waals surface area contributed by atoms with Gasteiger partial charge in [0.05, 0.1) is 23.7 Å². The maximum Gasteiger partial charge on any atom is 0.336 e. The Morgan fingerprint density at radius 3 is 2.53 bits per heavy atom. The van der Waals surface area contributed by atoms with Crippen molar-refractivity contribution in [1.29, 1.82) is 0 Å². The fraction of sp³-hybridized carbons (Fsp3) is 0.821. The van der Waals surface area contributed by atoms with Gasteiger partial charge in [-0.1, -0.05) is 26.3 Å². The van der Waals surface area contributed by atoms with Gasteiger partial charge in [-0.3, -0.25) is 4.79 Å². The van der Waals surface area contributed by atoms with Crippen LogP contribution in [-0.4, -0.2) is 47.1 Å². The molecular formula is C28H40O6. The standard InChI is InChI=1S/C28H40O6/c1-15-11-22(34-25(33)18(15)13-29)16(2)19-5-6-20-17-12-24(32)28(14-30)10-8-23(31)27(28,4)21(17)7-9-26(19,20)3/h14,16-17,19-22,24,29,32H,5-13H2,1-4H3. The molecule has 2 N–H and O–H groups in total. The maximum atomic E-state index is 13.2. The van der Waals surface area contributed by atoms with Crippen molar-refractivity contribution in [3.05, 3.63) is 11.1 Å². The highest BCUT2D eigenvalue weighted by atomic mass is 16.5. The third kappa shape index (κ3) is 2.90. The van der Waals surface area contributed by atoms with E-state index in [-0.39, 0.29) is 47.6 Å². The van der Waals surface area contributed by atoms with E-state index in [1.807, 2.05) is 13.8 Å². The zero-order valence-corrected chi connectivity index (χ0v) is 21.0. The third-order valence-electron chi connectivity index (χ3n) is 11.8. The molecule has 0 saturated heterocycles. The van der Waals surface area contributed by atoms with Crippen LogP contribution in [0.1, 0.15) is 79.1 Å². The first-order valence-electron chi connectivity index (χ1n) is 13.2. The Kier molecular flexibility index (Phi) is 5.68. The molecule has 1 heterocycles. The highest BCUT2D eigenvalue weighted by Gasteiger charge is 2.71. The van der Waals surface area contributed by atoms with Gasteiger partial charge in [0.1, 0.15) is 18.2 Å². The molecule has 34 heavy (non-hydrogen) atoms. The van der Waals surface area contributed by atoms with E-state index in [2.05, 4.69) is 13.8 Å². The van der Waals surface area contributed by atoms with Gasteiger partial charge in [0.2, 0.25) is 0 Å². The van der Waals surface area contributed by atoms with E-state index < -0.39 is 16.9 Å². The van der Waals surface area contributed by atoms with E-state index >= 15 is 0 Å². The summed E-state index contributed by atoms with van der Waals surface area (Å²) in [5, 5.41) is 20.8. The number of fused-ring (bicyclic) bond motifs is 5. The van der Waals surface area contributed by atoms with Crippen LogP contribution in [0, 0.1) is 45.8 Å². The lowest BCUT2D eigenvalue weighted by molar-refractivity contribution is -0.186. The predicted molar refractivity (Wildman–Crippen MR) is 125 cm³/mol. The Balaban J connectivity index is 1.42. The van der Waals surface area contributed by atoms with E-state index in [1.54, 1.807) is 0 Å². The third-order valence-corrected chi connectivity index (χ3v) is 11.8. The van der Waals surface area contributed by atoms with Gasteiger partial charge in [-0.25, -0.2) is 4.79 Å². The SMILES string of the molecule is CC1=C(CO)C(=O)OC(C(C)C2CCC3C4CC(O)C5(C=O)CCC(=O)C5(C)C4CCC23C)C1. The van der Waals surface area contributed by atoms with Gasteiger partial charge in [0, 0.05) is 18.3 Å². The van der Waals surface area contributed by atoms with Crippen molar-refractivity contribution in [3.63, 3.8) is 0 Å². The summed E-state index contributed by atoms with van der Waals surface area (Å²) in [4.78, 5) is 38.0. The average molecular weight is 473 g/mol. The molecule has 4 aliphatic carbocycles. The highest BCUT2D eigenvalue weighted by molar-refractivity contribution is 5.93. The number of carbonyl (C=O) groups is 3. The lowest BCUT2D eigenvalue weighted by Gasteiger charge is -2.61. The molecule has 0 amide bonds. The van der Waals surface area contributed by atoms with Crippen molar-refractivity contribution in [2.24, 2.45) is 45.8 Å². The molecule has 0 radical (unpaired) electrons. The second-order valence-corrected chi connectivity index (χ2v) is 12.6. The van der Waals surface area contributed by atoms with Crippen LogP contribution in [0.2, 0.25) is 0 Å². The molecule has 6 heteroatoms. The Morgan fingerprint density at radius 2 is 1.88 bits per heavy atom. The van der Waals surface area contributed by atoms with Crippen LogP contribution in [-0.2, 0) is 19.1 Å². The van der Waals surface area contributed by atoms with Crippen LogP contribution in [0.25, 0.3) is 0 Å². The molecule has 0 spiro atoms. The number of Topliss-reactive ketones (excluding diaryl/α,β-unsaturated/α-hetero) is 1. The zero-order valence-electron chi connectivity index (χ0n) is 21.0. The predicted octanol–water partition coefficient (Wildman–Crippen LogP) is 3.62. The molecule has 4 saturated carbocycles. The smallest absolute Gasteiger partial charge is 0.336 e. The number of esters is 1. The quantitative estimate of drug-likeness (QED) is 0.479.